The van der Waals surface area contributed by atoms with Crippen LogP contribution in [0.2, 0.25) is 10.2 Å². The highest BCUT2D eigenvalue weighted by atomic mass is 35.5. The molecule has 2 rings (SSSR count). The molecule has 0 aliphatic carbocycles. The van der Waals surface area contributed by atoms with Crippen molar-refractivity contribution in [3.8, 4) is 0 Å². The van der Waals surface area contributed by atoms with Gasteiger partial charge < -0.3 is 0 Å². The third-order valence-corrected chi connectivity index (χ3v) is 2.72. The number of hydrogen-bond donors (Lipinski definition) is 0. The van der Waals surface area contributed by atoms with Gasteiger partial charge in [0, 0.05) is 6.20 Å². The van der Waals surface area contributed by atoms with Gasteiger partial charge in [-0.2, -0.15) is 0 Å². The average Bonchev–Trinajstić information content (AvgIpc) is 2.26. The SMILES string of the molecule is Fc1cc(Cc2ccnc(Cl)c2)cc(Cl)c1F. The van der Waals surface area contributed by atoms with Crippen LogP contribution in [-0.2, 0) is 6.42 Å². The highest BCUT2D eigenvalue weighted by molar-refractivity contribution is 6.30. The van der Waals surface area contributed by atoms with E-state index in [4.69, 9.17) is 23.2 Å². The molecule has 0 atom stereocenters. The summed E-state index contributed by atoms with van der Waals surface area (Å²) in [5, 5.41) is 0.135. The summed E-state index contributed by atoms with van der Waals surface area (Å²) in [4.78, 5) is 3.84. The van der Waals surface area contributed by atoms with E-state index in [9.17, 15) is 8.78 Å². The van der Waals surface area contributed by atoms with E-state index in [0.29, 0.717) is 17.1 Å². The molecule has 0 fully saturated rings. The van der Waals surface area contributed by atoms with E-state index in [-0.39, 0.29) is 5.02 Å². The minimum Gasteiger partial charge on any atom is -0.245 e. The maximum Gasteiger partial charge on any atom is 0.177 e. The predicted octanol–water partition coefficient (Wildman–Crippen LogP) is 4.26. The molecule has 0 saturated heterocycles. The van der Waals surface area contributed by atoms with Crippen LogP contribution in [0, 0.1) is 11.6 Å². The van der Waals surface area contributed by atoms with Crippen molar-refractivity contribution in [1.82, 2.24) is 4.98 Å². The summed E-state index contributed by atoms with van der Waals surface area (Å²) in [6, 6.07) is 5.93. The molecular formula is C12H7Cl2F2N. The fraction of sp³-hybridized carbons (Fsp3) is 0.0833. The van der Waals surface area contributed by atoms with Crippen LogP contribution in [0.25, 0.3) is 0 Å². The molecule has 0 radical (unpaired) electrons. The van der Waals surface area contributed by atoms with Crippen molar-refractivity contribution in [2.45, 2.75) is 6.42 Å². The maximum absolute atomic E-state index is 13.1. The van der Waals surface area contributed by atoms with Gasteiger partial charge in [-0.15, -0.1) is 0 Å². The van der Waals surface area contributed by atoms with E-state index in [1.165, 1.54) is 6.07 Å². The molecule has 0 amide bonds. The van der Waals surface area contributed by atoms with Crippen molar-refractivity contribution < 1.29 is 8.78 Å². The van der Waals surface area contributed by atoms with Crippen LogP contribution in [0.15, 0.2) is 30.5 Å². The number of halogens is 4. The standard InChI is InChI=1S/C12H7Cl2F2N/c13-9-4-8(5-10(15)12(9)16)3-7-1-2-17-11(14)6-7/h1-2,4-6H,3H2. The zero-order valence-electron chi connectivity index (χ0n) is 8.55. The van der Waals surface area contributed by atoms with Crippen LogP contribution in [0.5, 0.6) is 0 Å². The van der Waals surface area contributed by atoms with Gasteiger partial charge in [-0.3, -0.25) is 0 Å². The first-order valence-corrected chi connectivity index (χ1v) is 5.55. The molecule has 1 nitrogen and oxygen atoms in total. The zero-order valence-corrected chi connectivity index (χ0v) is 10.1. The molecule has 0 saturated carbocycles. The van der Waals surface area contributed by atoms with Crippen molar-refractivity contribution in [3.05, 3.63) is 63.4 Å². The highest BCUT2D eigenvalue weighted by Crippen LogP contribution is 2.22. The number of benzene rings is 1. The van der Waals surface area contributed by atoms with E-state index in [2.05, 4.69) is 4.98 Å². The van der Waals surface area contributed by atoms with Crippen molar-refractivity contribution in [2.75, 3.05) is 0 Å². The van der Waals surface area contributed by atoms with Crippen molar-refractivity contribution >= 4 is 23.2 Å². The monoisotopic (exact) mass is 273 g/mol. The molecule has 1 aromatic carbocycles. The summed E-state index contributed by atoms with van der Waals surface area (Å²) in [7, 11) is 0. The molecule has 88 valence electrons. The summed E-state index contributed by atoms with van der Waals surface area (Å²) < 4.78 is 26.1. The fourth-order valence-corrected chi connectivity index (χ4v) is 1.93. The molecule has 1 heterocycles. The Labute approximate surface area is 107 Å². The molecular weight excluding hydrogens is 267 g/mol. The minimum absolute atomic E-state index is 0.222. The molecule has 17 heavy (non-hydrogen) atoms. The third-order valence-electron chi connectivity index (χ3n) is 2.24. The maximum atomic E-state index is 13.1. The van der Waals surface area contributed by atoms with Crippen LogP contribution in [0.4, 0.5) is 8.78 Å². The molecule has 1 aromatic heterocycles. The van der Waals surface area contributed by atoms with Gasteiger partial charge in [-0.25, -0.2) is 13.8 Å². The normalized spacial score (nSPS) is 10.6. The van der Waals surface area contributed by atoms with Crippen LogP contribution in [-0.4, -0.2) is 4.98 Å². The van der Waals surface area contributed by atoms with Gasteiger partial charge in [0.25, 0.3) is 0 Å². The Bertz CT molecular complexity index is 535. The van der Waals surface area contributed by atoms with Crippen molar-refractivity contribution in [2.24, 2.45) is 0 Å². The van der Waals surface area contributed by atoms with Crippen LogP contribution in [0.1, 0.15) is 11.1 Å². The van der Waals surface area contributed by atoms with Gasteiger partial charge in [0.2, 0.25) is 0 Å². The summed E-state index contributed by atoms with van der Waals surface area (Å²) >= 11 is 11.3. The van der Waals surface area contributed by atoms with Gasteiger partial charge in [0.05, 0.1) is 5.02 Å². The van der Waals surface area contributed by atoms with Gasteiger partial charge in [0.15, 0.2) is 11.6 Å². The Morgan fingerprint density at radius 3 is 2.47 bits per heavy atom. The Morgan fingerprint density at radius 2 is 1.82 bits per heavy atom. The number of rotatable bonds is 2. The average molecular weight is 274 g/mol. The van der Waals surface area contributed by atoms with Crippen molar-refractivity contribution in [1.29, 1.82) is 0 Å². The quantitative estimate of drug-likeness (QED) is 0.589. The molecule has 2 aromatic rings. The van der Waals surface area contributed by atoms with Gasteiger partial charge >= 0.3 is 0 Å². The highest BCUT2D eigenvalue weighted by Gasteiger charge is 2.09. The molecule has 5 heteroatoms. The van der Waals surface area contributed by atoms with Crippen LogP contribution < -0.4 is 0 Å². The molecule has 0 unspecified atom stereocenters. The second kappa shape index (κ2) is 4.98. The predicted molar refractivity (Wildman–Crippen MR) is 63.4 cm³/mol. The summed E-state index contributed by atoms with van der Waals surface area (Å²) in [5.41, 5.74) is 1.43. The van der Waals surface area contributed by atoms with Crippen LogP contribution >= 0.6 is 23.2 Å². The first kappa shape index (κ1) is 12.3. The smallest absolute Gasteiger partial charge is 0.177 e. The number of pyridine rings is 1. The van der Waals surface area contributed by atoms with Gasteiger partial charge in [-0.1, -0.05) is 23.2 Å². The lowest BCUT2D eigenvalue weighted by Gasteiger charge is -2.04. The van der Waals surface area contributed by atoms with E-state index >= 15 is 0 Å². The molecule has 0 N–H and O–H groups in total. The van der Waals surface area contributed by atoms with E-state index < -0.39 is 11.6 Å². The van der Waals surface area contributed by atoms with Gasteiger partial charge in [-0.05, 0) is 41.8 Å². The lowest BCUT2D eigenvalue weighted by atomic mass is 10.1. The second-order valence-corrected chi connectivity index (χ2v) is 4.33. The topological polar surface area (TPSA) is 12.9 Å². The van der Waals surface area contributed by atoms with Gasteiger partial charge in [0.1, 0.15) is 5.15 Å². The molecule has 0 spiro atoms. The first-order chi connectivity index (χ1) is 8.06. The van der Waals surface area contributed by atoms with E-state index in [1.54, 1.807) is 18.3 Å². The molecule has 0 bridgehead atoms. The zero-order chi connectivity index (χ0) is 12.4. The number of nitrogens with zero attached hydrogens (tertiary/aromatic N) is 1. The number of aromatic nitrogens is 1. The second-order valence-electron chi connectivity index (χ2n) is 3.54. The summed E-state index contributed by atoms with van der Waals surface area (Å²) in [5.74, 6) is -1.98. The Kier molecular flexibility index (Phi) is 3.60. The fourth-order valence-electron chi connectivity index (χ4n) is 1.50. The Hall–Kier alpha value is -1.19. The third kappa shape index (κ3) is 2.93. The van der Waals surface area contributed by atoms with Crippen LogP contribution in [0.3, 0.4) is 0 Å². The van der Waals surface area contributed by atoms with Crippen molar-refractivity contribution in [3.63, 3.8) is 0 Å². The first-order valence-electron chi connectivity index (χ1n) is 4.80. The molecule has 0 aliphatic rings. The summed E-state index contributed by atoms with van der Waals surface area (Å²) in [6.45, 7) is 0. The van der Waals surface area contributed by atoms with E-state index in [1.807, 2.05) is 0 Å². The number of hydrogen-bond acceptors (Lipinski definition) is 1. The minimum atomic E-state index is -1.02. The Balaban J connectivity index is 2.31. The Morgan fingerprint density at radius 1 is 1.06 bits per heavy atom. The van der Waals surface area contributed by atoms with E-state index in [0.717, 1.165) is 11.6 Å². The lowest BCUT2D eigenvalue weighted by molar-refractivity contribution is 0.508. The lowest BCUT2D eigenvalue weighted by Crippen LogP contribution is -1.93. The largest absolute Gasteiger partial charge is 0.245 e. The molecule has 0 aliphatic heterocycles. The summed E-state index contributed by atoms with van der Waals surface area (Å²) in [6.07, 6.45) is 1.97.